The van der Waals surface area contributed by atoms with Gasteiger partial charge >= 0.3 is 6.18 Å². The van der Waals surface area contributed by atoms with Crippen LogP contribution in [-0.4, -0.2) is 55.5 Å². The Morgan fingerprint density at radius 1 is 1.24 bits per heavy atom. The Morgan fingerprint density at radius 3 is 2.43 bits per heavy atom. The van der Waals surface area contributed by atoms with Crippen molar-refractivity contribution in [2.45, 2.75) is 64.2 Å². The normalized spacial score (nSPS) is 23.4. The molecule has 0 spiro atoms. The molecule has 1 unspecified atom stereocenters. The second-order valence-corrected chi connectivity index (χ2v) is 5.88. The summed E-state index contributed by atoms with van der Waals surface area (Å²) >= 11 is 0. The topological polar surface area (TPSA) is 24.5 Å². The lowest BCUT2D eigenvalue weighted by Gasteiger charge is -2.49. The highest BCUT2D eigenvalue weighted by molar-refractivity contribution is 4.97. The van der Waals surface area contributed by atoms with Crippen molar-refractivity contribution in [1.29, 1.82) is 0 Å². The molecule has 0 aromatic carbocycles. The Labute approximate surface area is 126 Å². The van der Waals surface area contributed by atoms with E-state index in [4.69, 9.17) is 4.74 Å². The van der Waals surface area contributed by atoms with Gasteiger partial charge in [0.2, 0.25) is 0 Å². The molecular formula is C15H29F3N2O. The number of ether oxygens (including phenoxy) is 1. The van der Waals surface area contributed by atoms with Crippen LogP contribution in [0.15, 0.2) is 0 Å². The van der Waals surface area contributed by atoms with E-state index in [0.717, 1.165) is 38.9 Å². The highest BCUT2D eigenvalue weighted by atomic mass is 19.4. The Balaban J connectivity index is 2.43. The van der Waals surface area contributed by atoms with Gasteiger partial charge in [0, 0.05) is 37.8 Å². The zero-order valence-corrected chi connectivity index (χ0v) is 13.4. The summed E-state index contributed by atoms with van der Waals surface area (Å²) < 4.78 is 40.8. The molecule has 1 aliphatic rings. The molecule has 1 aliphatic heterocycles. The van der Waals surface area contributed by atoms with Gasteiger partial charge in [0.1, 0.15) is 6.61 Å². The maximum Gasteiger partial charge on any atom is 0.411 e. The van der Waals surface area contributed by atoms with Gasteiger partial charge in [-0.25, -0.2) is 0 Å². The van der Waals surface area contributed by atoms with Gasteiger partial charge in [-0.15, -0.1) is 0 Å². The van der Waals surface area contributed by atoms with Crippen LogP contribution in [0.1, 0.15) is 46.5 Å². The summed E-state index contributed by atoms with van der Waals surface area (Å²) in [5.41, 5.74) is 0.135. The molecule has 0 radical (unpaired) electrons. The molecule has 126 valence electrons. The second kappa shape index (κ2) is 8.34. The van der Waals surface area contributed by atoms with Gasteiger partial charge in [-0.2, -0.15) is 13.2 Å². The van der Waals surface area contributed by atoms with Crippen LogP contribution in [0.4, 0.5) is 13.2 Å². The SMILES string of the molecule is CCC1CN(CCCOCC(F)(F)F)C(CC)(CC)CN1. The standard InChI is InChI=1S/C15H29F3N2O/c1-4-13-10-20(14(5-2,6-3)11-19-13)8-7-9-21-12-15(16,17)18/h13,19H,4-12H2,1-3H3. The number of nitrogens with one attached hydrogen (secondary N) is 1. The minimum absolute atomic E-state index is 0.135. The van der Waals surface area contributed by atoms with Gasteiger partial charge in [-0.05, 0) is 25.7 Å². The van der Waals surface area contributed by atoms with Gasteiger partial charge in [0.05, 0.1) is 0 Å². The highest BCUT2D eigenvalue weighted by Crippen LogP contribution is 2.27. The third-order valence-electron chi connectivity index (χ3n) is 4.62. The lowest BCUT2D eigenvalue weighted by atomic mass is 9.86. The zero-order valence-electron chi connectivity index (χ0n) is 13.4. The molecule has 1 saturated heterocycles. The van der Waals surface area contributed by atoms with Gasteiger partial charge in [-0.1, -0.05) is 20.8 Å². The number of halogens is 3. The average molecular weight is 310 g/mol. The van der Waals surface area contributed by atoms with Crippen molar-refractivity contribution in [3.8, 4) is 0 Å². The lowest BCUT2D eigenvalue weighted by molar-refractivity contribution is -0.174. The predicted octanol–water partition coefficient (Wildman–Crippen LogP) is 3.20. The Hall–Kier alpha value is -0.330. The average Bonchev–Trinajstić information content (AvgIpc) is 2.45. The summed E-state index contributed by atoms with van der Waals surface area (Å²) in [7, 11) is 0. The largest absolute Gasteiger partial charge is 0.411 e. The first-order valence-electron chi connectivity index (χ1n) is 7.99. The van der Waals surface area contributed by atoms with E-state index in [1.54, 1.807) is 0 Å². The molecule has 1 heterocycles. The molecule has 1 rings (SSSR count). The molecule has 6 heteroatoms. The van der Waals surface area contributed by atoms with Gasteiger partial charge in [-0.3, -0.25) is 4.90 Å². The van der Waals surface area contributed by atoms with Gasteiger partial charge in [0.15, 0.2) is 0 Å². The molecule has 0 amide bonds. The number of rotatable bonds is 8. The molecule has 1 fully saturated rings. The van der Waals surface area contributed by atoms with E-state index in [9.17, 15) is 13.2 Å². The molecule has 1 N–H and O–H groups in total. The molecule has 1 atom stereocenters. The minimum Gasteiger partial charge on any atom is -0.372 e. The van der Waals surface area contributed by atoms with Crippen molar-refractivity contribution < 1.29 is 17.9 Å². The monoisotopic (exact) mass is 310 g/mol. The fourth-order valence-corrected chi connectivity index (χ4v) is 3.06. The third kappa shape index (κ3) is 5.75. The van der Waals surface area contributed by atoms with Gasteiger partial charge in [0.25, 0.3) is 0 Å². The van der Waals surface area contributed by atoms with Crippen LogP contribution in [-0.2, 0) is 4.74 Å². The van der Waals surface area contributed by atoms with Crippen molar-refractivity contribution in [2.75, 3.05) is 32.8 Å². The smallest absolute Gasteiger partial charge is 0.372 e. The number of alkyl halides is 3. The summed E-state index contributed by atoms with van der Waals surface area (Å²) in [6.07, 6.45) is -0.398. The third-order valence-corrected chi connectivity index (χ3v) is 4.62. The molecule has 0 aliphatic carbocycles. The summed E-state index contributed by atoms with van der Waals surface area (Å²) in [5, 5.41) is 3.59. The first kappa shape index (κ1) is 18.7. The van der Waals surface area contributed by atoms with E-state index in [0.29, 0.717) is 12.5 Å². The summed E-state index contributed by atoms with van der Waals surface area (Å²) in [4.78, 5) is 2.45. The first-order chi connectivity index (χ1) is 9.87. The molecule has 0 bridgehead atoms. The van der Waals surface area contributed by atoms with Crippen LogP contribution in [0.3, 0.4) is 0 Å². The van der Waals surface area contributed by atoms with Crippen LogP contribution in [0.25, 0.3) is 0 Å². The molecule has 0 saturated carbocycles. The molecule has 0 aromatic rings. The van der Waals surface area contributed by atoms with Crippen LogP contribution >= 0.6 is 0 Å². The first-order valence-corrected chi connectivity index (χ1v) is 7.99. The molecule has 3 nitrogen and oxygen atoms in total. The number of hydrogen-bond acceptors (Lipinski definition) is 3. The lowest BCUT2D eigenvalue weighted by Crippen LogP contribution is -2.64. The Morgan fingerprint density at radius 2 is 1.90 bits per heavy atom. The van der Waals surface area contributed by atoms with Crippen LogP contribution < -0.4 is 5.32 Å². The van der Waals surface area contributed by atoms with Gasteiger partial charge < -0.3 is 10.1 Å². The number of hydrogen-bond donors (Lipinski definition) is 1. The van der Waals surface area contributed by atoms with Crippen LogP contribution in [0.2, 0.25) is 0 Å². The summed E-state index contributed by atoms with van der Waals surface area (Å²) in [6.45, 7) is 8.29. The highest BCUT2D eigenvalue weighted by Gasteiger charge is 2.37. The number of nitrogens with zero attached hydrogens (tertiary/aromatic N) is 1. The molecule has 21 heavy (non-hydrogen) atoms. The van der Waals surface area contributed by atoms with E-state index < -0.39 is 12.8 Å². The van der Waals surface area contributed by atoms with Crippen molar-refractivity contribution in [1.82, 2.24) is 10.2 Å². The van der Waals surface area contributed by atoms with E-state index in [2.05, 4.69) is 31.0 Å². The maximum atomic E-state index is 12.0. The van der Waals surface area contributed by atoms with E-state index in [1.807, 2.05) is 0 Å². The fraction of sp³-hybridized carbons (Fsp3) is 1.00. The van der Waals surface area contributed by atoms with Crippen molar-refractivity contribution in [2.24, 2.45) is 0 Å². The quantitative estimate of drug-likeness (QED) is 0.697. The van der Waals surface area contributed by atoms with Crippen LogP contribution in [0, 0.1) is 0 Å². The molecular weight excluding hydrogens is 281 g/mol. The van der Waals surface area contributed by atoms with Crippen LogP contribution in [0.5, 0.6) is 0 Å². The van der Waals surface area contributed by atoms with Crippen molar-refractivity contribution in [3.63, 3.8) is 0 Å². The zero-order chi connectivity index (χ0) is 15.9. The Bertz CT molecular complexity index is 293. The van der Waals surface area contributed by atoms with E-state index >= 15 is 0 Å². The Kier molecular flexibility index (Phi) is 7.44. The minimum atomic E-state index is -4.22. The summed E-state index contributed by atoms with van der Waals surface area (Å²) in [5.74, 6) is 0. The van der Waals surface area contributed by atoms with E-state index in [-0.39, 0.29) is 12.1 Å². The second-order valence-electron chi connectivity index (χ2n) is 5.88. The fourth-order valence-electron chi connectivity index (χ4n) is 3.06. The maximum absolute atomic E-state index is 12.0. The summed E-state index contributed by atoms with van der Waals surface area (Å²) in [6, 6.07) is 0.479. The van der Waals surface area contributed by atoms with E-state index in [1.165, 1.54) is 0 Å². The van der Waals surface area contributed by atoms with Crippen molar-refractivity contribution in [3.05, 3.63) is 0 Å². The predicted molar refractivity (Wildman–Crippen MR) is 78.5 cm³/mol. The van der Waals surface area contributed by atoms with Crippen molar-refractivity contribution >= 4 is 0 Å². The number of piperazine rings is 1. The molecule has 0 aromatic heterocycles.